The summed E-state index contributed by atoms with van der Waals surface area (Å²) in [6.45, 7) is 6.46. The summed E-state index contributed by atoms with van der Waals surface area (Å²) in [5.74, 6) is -0.930. The second-order valence-corrected chi connectivity index (χ2v) is 20.4. The second-order valence-electron chi connectivity index (χ2n) is 20.4. The summed E-state index contributed by atoms with van der Waals surface area (Å²) in [6.07, 6.45) is 81.1. The molecule has 1 unspecified atom stereocenters. The maximum absolute atomic E-state index is 12.9. The SMILES string of the molecule is CC\C=C/C=C\C=C/C=C\C=C\C=C/CCCCCC(=O)OCC(COC(=O)CCCCCCCCCCCC/C=C\C=C/CCCCC)OC(=O)CCCCCCCCCCCCCCCCCCCCC. The summed E-state index contributed by atoms with van der Waals surface area (Å²) in [4.78, 5) is 38.3. The molecule has 0 radical (unpaired) electrons. The van der Waals surface area contributed by atoms with Crippen LogP contribution in [-0.2, 0) is 28.6 Å². The minimum atomic E-state index is -0.798. The number of unbranched alkanes of at least 4 members (excludes halogenated alkanes) is 34. The van der Waals surface area contributed by atoms with Crippen LogP contribution in [-0.4, -0.2) is 37.2 Å². The predicted octanol–water partition coefficient (Wildman–Crippen LogP) is 20.9. The molecule has 0 aromatic heterocycles. The van der Waals surface area contributed by atoms with Gasteiger partial charge in [0.2, 0.25) is 0 Å². The first-order chi connectivity index (χ1) is 36.0. The van der Waals surface area contributed by atoms with Crippen LogP contribution in [0.3, 0.4) is 0 Å². The van der Waals surface area contributed by atoms with E-state index in [0.717, 1.165) is 70.6 Å². The number of ether oxygens (including phenoxy) is 3. The van der Waals surface area contributed by atoms with Crippen LogP contribution in [0.4, 0.5) is 0 Å². The van der Waals surface area contributed by atoms with Gasteiger partial charge in [0.25, 0.3) is 0 Å². The molecular weight excluding hydrogens is 901 g/mol. The maximum Gasteiger partial charge on any atom is 0.306 e. The molecule has 0 amide bonds. The molecular formula is C67H114O6. The van der Waals surface area contributed by atoms with Gasteiger partial charge in [0.05, 0.1) is 0 Å². The van der Waals surface area contributed by atoms with Gasteiger partial charge >= 0.3 is 17.9 Å². The van der Waals surface area contributed by atoms with Gasteiger partial charge in [0, 0.05) is 19.3 Å². The average Bonchev–Trinajstić information content (AvgIpc) is 3.39. The molecule has 6 heteroatoms. The zero-order chi connectivity index (χ0) is 52.9. The third kappa shape index (κ3) is 59.1. The van der Waals surface area contributed by atoms with Gasteiger partial charge in [-0.3, -0.25) is 14.4 Å². The van der Waals surface area contributed by atoms with Crippen molar-refractivity contribution in [3.05, 3.63) is 97.2 Å². The van der Waals surface area contributed by atoms with Crippen molar-refractivity contribution in [2.75, 3.05) is 13.2 Å². The van der Waals surface area contributed by atoms with E-state index >= 15 is 0 Å². The van der Waals surface area contributed by atoms with Gasteiger partial charge in [-0.1, -0.05) is 304 Å². The number of esters is 3. The number of carbonyl (C=O) groups excluding carboxylic acids is 3. The molecule has 0 spiro atoms. The minimum absolute atomic E-state index is 0.0922. The lowest BCUT2D eigenvalue weighted by molar-refractivity contribution is -0.167. The van der Waals surface area contributed by atoms with Crippen LogP contribution < -0.4 is 0 Å². The predicted molar refractivity (Wildman–Crippen MR) is 316 cm³/mol. The van der Waals surface area contributed by atoms with E-state index in [1.165, 1.54) is 180 Å². The third-order valence-corrected chi connectivity index (χ3v) is 13.3. The van der Waals surface area contributed by atoms with Crippen LogP contribution >= 0.6 is 0 Å². The molecule has 0 heterocycles. The molecule has 0 saturated carbocycles. The molecule has 0 fully saturated rings. The fourth-order valence-corrected chi connectivity index (χ4v) is 8.64. The molecule has 0 saturated heterocycles. The van der Waals surface area contributed by atoms with Crippen molar-refractivity contribution in [3.8, 4) is 0 Å². The number of carbonyl (C=O) groups is 3. The van der Waals surface area contributed by atoms with Crippen LogP contribution in [0, 0.1) is 0 Å². The van der Waals surface area contributed by atoms with Gasteiger partial charge in [-0.25, -0.2) is 0 Å². The van der Waals surface area contributed by atoms with Crippen LogP contribution in [0.2, 0.25) is 0 Å². The standard InChI is InChI=1S/C67H114O6/c1-4-7-10-13-16-19-22-25-28-31-33-36-39-42-45-48-51-54-57-60-66(69)72-63-64(62-71-65(68)59-56-53-50-47-44-41-38-35-30-27-24-21-18-15-12-9-6-3)73-67(70)61-58-55-52-49-46-43-40-37-34-32-29-26-23-20-17-14-11-8-5-2/h9,12,15-16,18-19,21-22,24-25,27,30,35,38,41,44,64H,4-8,10-11,13-14,17,20,23,26,28-29,31-34,36-37,39-40,42-43,45-63H2,1-3H3/b12-9-,18-15-,19-16-,24-21-,25-22-,30-27-,38-35+,44-41-. The fraction of sp³-hybridized carbons (Fsp3) is 0.716. The molecule has 418 valence electrons. The fourth-order valence-electron chi connectivity index (χ4n) is 8.64. The Hall–Kier alpha value is -3.67. The number of rotatable bonds is 55. The minimum Gasteiger partial charge on any atom is -0.462 e. The monoisotopic (exact) mass is 1010 g/mol. The van der Waals surface area contributed by atoms with Gasteiger partial charge in [0.1, 0.15) is 13.2 Å². The molecule has 0 aromatic rings. The summed E-state index contributed by atoms with van der Waals surface area (Å²) in [7, 11) is 0. The van der Waals surface area contributed by atoms with Crippen molar-refractivity contribution in [3.63, 3.8) is 0 Å². The smallest absolute Gasteiger partial charge is 0.306 e. The molecule has 0 N–H and O–H groups in total. The highest BCUT2D eigenvalue weighted by atomic mass is 16.6. The van der Waals surface area contributed by atoms with Gasteiger partial charge in [-0.05, 0) is 64.2 Å². The summed E-state index contributed by atoms with van der Waals surface area (Å²) in [5.41, 5.74) is 0. The van der Waals surface area contributed by atoms with Gasteiger partial charge in [-0.15, -0.1) is 0 Å². The lowest BCUT2D eigenvalue weighted by atomic mass is 10.0. The van der Waals surface area contributed by atoms with Crippen molar-refractivity contribution in [2.45, 2.75) is 297 Å². The first-order valence-corrected chi connectivity index (χ1v) is 30.8. The molecule has 0 aliphatic heterocycles. The van der Waals surface area contributed by atoms with Crippen molar-refractivity contribution in [1.29, 1.82) is 0 Å². The van der Waals surface area contributed by atoms with Crippen molar-refractivity contribution in [1.82, 2.24) is 0 Å². The molecule has 0 aromatic carbocycles. The van der Waals surface area contributed by atoms with E-state index in [0.29, 0.717) is 19.3 Å². The second kappa shape index (κ2) is 60.9. The topological polar surface area (TPSA) is 78.9 Å². The van der Waals surface area contributed by atoms with Gasteiger partial charge in [-0.2, -0.15) is 0 Å². The zero-order valence-electron chi connectivity index (χ0n) is 47.9. The Morgan fingerprint density at radius 3 is 0.890 bits per heavy atom. The number of hydrogen-bond donors (Lipinski definition) is 0. The van der Waals surface area contributed by atoms with E-state index < -0.39 is 6.10 Å². The average molecular weight is 1020 g/mol. The molecule has 0 bridgehead atoms. The molecule has 0 aliphatic carbocycles. The van der Waals surface area contributed by atoms with Crippen molar-refractivity contribution >= 4 is 17.9 Å². The van der Waals surface area contributed by atoms with Gasteiger partial charge in [0.15, 0.2) is 6.10 Å². The molecule has 0 aliphatic rings. The Labute approximate surface area is 451 Å². The number of hydrogen-bond acceptors (Lipinski definition) is 6. The maximum atomic E-state index is 12.9. The zero-order valence-corrected chi connectivity index (χ0v) is 47.9. The highest BCUT2D eigenvalue weighted by molar-refractivity contribution is 5.71. The van der Waals surface area contributed by atoms with Crippen LogP contribution in [0.25, 0.3) is 0 Å². The highest BCUT2D eigenvalue weighted by Crippen LogP contribution is 2.17. The van der Waals surface area contributed by atoms with E-state index in [2.05, 4.69) is 57.2 Å². The van der Waals surface area contributed by atoms with Crippen LogP contribution in [0.5, 0.6) is 0 Å². The van der Waals surface area contributed by atoms with E-state index in [4.69, 9.17) is 14.2 Å². The summed E-state index contributed by atoms with van der Waals surface area (Å²) < 4.78 is 16.9. The summed E-state index contributed by atoms with van der Waals surface area (Å²) in [6, 6.07) is 0. The summed E-state index contributed by atoms with van der Waals surface area (Å²) >= 11 is 0. The largest absolute Gasteiger partial charge is 0.462 e. The van der Waals surface area contributed by atoms with E-state index in [-0.39, 0.29) is 31.1 Å². The Morgan fingerprint density at radius 2 is 0.534 bits per heavy atom. The van der Waals surface area contributed by atoms with Gasteiger partial charge < -0.3 is 14.2 Å². The Morgan fingerprint density at radius 1 is 0.288 bits per heavy atom. The van der Waals surface area contributed by atoms with E-state index in [1.54, 1.807) is 0 Å². The van der Waals surface area contributed by atoms with E-state index in [1.807, 2.05) is 60.8 Å². The molecule has 0 rings (SSSR count). The normalized spacial score (nSPS) is 12.8. The first-order valence-electron chi connectivity index (χ1n) is 30.8. The summed E-state index contributed by atoms with van der Waals surface area (Å²) in [5, 5.41) is 0. The number of allylic oxidation sites excluding steroid dienone is 16. The van der Waals surface area contributed by atoms with Crippen molar-refractivity contribution in [2.24, 2.45) is 0 Å². The molecule has 6 nitrogen and oxygen atoms in total. The van der Waals surface area contributed by atoms with Crippen molar-refractivity contribution < 1.29 is 28.6 Å². The quantitative estimate of drug-likeness (QED) is 0.0261. The molecule has 73 heavy (non-hydrogen) atoms. The Kier molecular flexibility index (Phi) is 57.8. The first kappa shape index (κ1) is 69.3. The van der Waals surface area contributed by atoms with Crippen LogP contribution in [0.15, 0.2) is 97.2 Å². The molecule has 1 atom stereocenters. The highest BCUT2D eigenvalue weighted by Gasteiger charge is 2.19. The third-order valence-electron chi connectivity index (χ3n) is 13.3. The lowest BCUT2D eigenvalue weighted by Gasteiger charge is -2.18. The van der Waals surface area contributed by atoms with E-state index in [9.17, 15) is 14.4 Å². The Bertz CT molecular complexity index is 1440. The lowest BCUT2D eigenvalue weighted by Crippen LogP contribution is -2.30. The Balaban J connectivity index is 4.44. The van der Waals surface area contributed by atoms with Crippen LogP contribution in [0.1, 0.15) is 290 Å².